The maximum absolute atomic E-state index is 12.0. The van der Waals surface area contributed by atoms with Crippen molar-refractivity contribution in [1.82, 2.24) is 0 Å². The molecule has 0 saturated heterocycles. The molecule has 0 aliphatic heterocycles. The van der Waals surface area contributed by atoms with E-state index in [4.69, 9.17) is 4.74 Å². The number of methoxy groups -OCH3 is 1. The van der Waals surface area contributed by atoms with Crippen molar-refractivity contribution in [1.29, 1.82) is 0 Å². The number of rotatable bonds is 4. The van der Waals surface area contributed by atoms with Gasteiger partial charge >= 0.3 is 12.4 Å². The third kappa shape index (κ3) is 5.42. The largest absolute Gasteiger partial charge is 0.573 e. The van der Waals surface area contributed by atoms with E-state index in [-0.39, 0.29) is 5.75 Å². The van der Waals surface area contributed by atoms with E-state index in [9.17, 15) is 18.0 Å². The van der Waals surface area contributed by atoms with Crippen molar-refractivity contribution in [3.8, 4) is 11.5 Å². The molecular weight excluding hydrogens is 313 g/mol. The van der Waals surface area contributed by atoms with Crippen LogP contribution in [0.1, 0.15) is 0 Å². The molecule has 122 valence electrons. The Morgan fingerprint density at radius 1 is 0.957 bits per heavy atom. The van der Waals surface area contributed by atoms with Gasteiger partial charge in [0.1, 0.15) is 11.5 Å². The monoisotopic (exact) mass is 326 g/mol. The number of halogens is 3. The van der Waals surface area contributed by atoms with E-state index in [0.29, 0.717) is 17.1 Å². The van der Waals surface area contributed by atoms with E-state index in [0.717, 1.165) is 12.1 Å². The van der Waals surface area contributed by atoms with Crippen LogP contribution in [0.15, 0.2) is 48.5 Å². The Bertz CT molecular complexity index is 672. The van der Waals surface area contributed by atoms with Crippen molar-refractivity contribution in [3.05, 3.63) is 48.5 Å². The summed E-state index contributed by atoms with van der Waals surface area (Å²) in [7, 11) is 1.50. The van der Waals surface area contributed by atoms with Crippen molar-refractivity contribution in [2.24, 2.45) is 0 Å². The maximum atomic E-state index is 12.0. The molecule has 0 bridgehead atoms. The standard InChI is InChI=1S/C15H13F3N2O3/c1-22-13-4-2-3-11(9-13)20-14(21)19-10-5-7-12(8-6-10)23-15(16,17)18/h2-9H,1H3,(H2,19,20,21). The summed E-state index contributed by atoms with van der Waals surface area (Å²) in [5.74, 6) is 0.215. The minimum Gasteiger partial charge on any atom is -0.497 e. The number of alkyl halides is 3. The normalized spacial score (nSPS) is 10.8. The lowest BCUT2D eigenvalue weighted by Crippen LogP contribution is -2.19. The van der Waals surface area contributed by atoms with Gasteiger partial charge in [0.15, 0.2) is 0 Å². The van der Waals surface area contributed by atoms with E-state index in [1.165, 1.54) is 19.2 Å². The van der Waals surface area contributed by atoms with Crippen LogP contribution in [0.5, 0.6) is 11.5 Å². The summed E-state index contributed by atoms with van der Waals surface area (Å²) < 4.78 is 44.9. The predicted octanol–water partition coefficient (Wildman–Crippen LogP) is 4.24. The summed E-state index contributed by atoms with van der Waals surface area (Å²) in [6, 6.07) is 11.0. The fourth-order valence-corrected chi connectivity index (χ4v) is 1.73. The minimum absolute atomic E-state index is 0.319. The second-order valence-corrected chi connectivity index (χ2v) is 4.38. The summed E-state index contributed by atoms with van der Waals surface area (Å²) in [5, 5.41) is 5.07. The van der Waals surface area contributed by atoms with Crippen molar-refractivity contribution in [3.63, 3.8) is 0 Å². The van der Waals surface area contributed by atoms with Gasteiger partial charge in [0.05, 0.1) is 7.11 Å². The molecule has 0 atom stereocenters. The summed E-state index contributed by atoms with van der Waals surface area (Å²) in [5.41, 5.74) is 0.832. The summed E-state index contributed by atoms with van der Waals surface area (Å²) in [4.78, 5) is 11.8. The highest BCUT2D eigenvalue weighted by Gasteiger charge is 2.30. The molecule has 23 heavy (non-hydrogen) atoms. The van der Waals surface area contributed by atoms with Gasteiger partial charge < -0.3 is 20.1 Å². The van der Waals surface area contributed by atoms with Crippen molar-refractivity contribution < 1.29 is 27.4 Å². The zero-order chi connectivity index (χ0) is 16.9. The van der Waals surface area contributed by atoms with Crippen molar-refractivity contribution in [2.45, 2.75) is 6.36 Å². The van der Waals surface area contributed by atoms with Crippen LogP contribution in [0.4, 0.5) is 29.3 Å². The molecule has 0 radical (unpaired) electrons. The van der Waals surface area contributed by atoms with Gasteiger partial charge in [-0.25, -0.2) is 4.79 Å². The lowest BCUT2D eigenvalue weighted by molar-refractivity contribution is -0.274. The van der Waals surface area contributed by atoms with Crippen LogP contribution in [0.2, 0.25) is 0 Å². The number of nitrogens with one attached hydrogen (secondary N) is 2. The van der Waals surface area contributed by atoms with Crippen LogP contribution >= 0.6 is 0 Å². The molecule has 2 amide bonds. The second kappa shape index (κ2) is 6.91. The summed E-state index contributed by atoms with van der Waals surface area (Å²) in [6.45, 7) is 0. The number of amides is 2. The van der Waals surface area contributed by atoms with Gasteiger partial charge in [-0.1, -0.05) is 6.07 Å². The maximum Gasteiger partial charge on any atom is 0.573 e. The molecule has 2 aromatic carbocycles. The molecule has 0 aromatic heterocycles. The topological polar surface area (TPSA) is 59.6 Å². The molecule has 0 spiro atoms. The first-order chi connectivity index (χ1) is 10.9. The van der Waals surface area contributed by atoms with Crippen molar-refractivity contribution in [2.75, 3.05) is 17.7 Å². The van der Waals surface area contributed by atoms with E-state index in [1.54, 1.807) is 24.3 Å². The lowest BCUT2D eigenvalue weighted by atomic mass is 10.3. The molecule has 0 aliphatic rings. The van der Waals surface area contributed by atoms with Crippen LogP contribution in [0.3, 0.4) is 0 Å². The molecule has 0 heterocycles. The van der Waals surface area contributed by atoms with E-state index in [2.05, 4.69) is 15.4 Å². The van der Waals surface area contributed by atoms with Gasteiger partial charge in [0.2, 0.25) is 0 Å². The number of hydrogen-bond acceptors (Lipinski definition) is 3. The van der Waals surface area contributed by atoms with Crippen LogP contribution < -0.4 is 20.1 Å². The Hall–Kier alpha value is -2.90. The number of carbonyl (C=O) groups excluding carboxylic acids is 1. The quantitative estimate of drug-likeness (QED) is 0.883. The first kappa shape index (κ1) is 16.5. The highest BCUT2D eigenvalue weighted by molar-refractivity contribution is 5.99. The number of urea groups is 1. The molecule has 0 aliphatic carbocycles. The molecule has 2 rings (SSSR count). The SMILES string of the molecule is COc1cccc(NC(=O)Nc2ccc(OC(F)(F)F)cc2)c1. The van der Waals surface area contributed by atoms with Gasteiger partial charge in [0.25, 0.3) is 0 Å². The summed E-state index contributed by atoms with van der Waals surface area (Å²) >= 11 is 0. The molecule has 0 unspecified atom stereocenters. The Morgan fingerprint density at radius 3 is 2.22 bits per heavy atom. The molecule has 0 saturated carbocycles. The fraction of sp³-hybridized carbons (Fsp3) is 0.133. The first-order valence-electron chi connectivity index (χ1n) is 6.43. The average Bonchev–Trinajstić information content (AvgIpc) is 2.48. The molecule has 2 N–H and O–H groups in total. The molecule has 0 fully saturated rings. The van der Waals surface area contributed by atoms with Crippen LogP contribution in [0, 0.1) is 0 Å². The predicted molar refractivity (Wildman–Crippen MR) is 78.8 cm³/mol. The molecule has 5 nitrogen and oxygen atoms in total. The smallest absolute Gasteiger partial charge is 0.497 e. The highest BCUT2D eigenvalue weighted by atomic mass is 19.4. The minimum atomic E-state index is -4.75. The van der Waals surface area contributed by atoms with Gasteiger partial charge in [-0.3, -0.25) is 0 Å². The Kier molecular flexibility index (Phi) is 4.95. The van der Waals surface area contributed by atoms with Crippen LogP contribution in [0.25, 0.3) is 0 Å². The number of carbonyl (C=O) groups is 1. The zero-order valence-electron chi connectivity index (χ0n) is 12.0. The van der Waals surface area contributed by atoms with E-state index in [1.807, 2.05) is 0 Å². The number of anilines is 2. The summed E-state index contributed by atoms with van der Waals surface area (Å²) in [6.07, 6.45) is -4.75. The lowest BCUT2D eigenvalue weighted by Gasteiger charge is -2.11. The average molecular weight is 326 g/mol. The Morgan fingerprint density at radius 2 is 1.61 bits per heavy atom. The van der Waals surface area contributed by atoms with Gasteiger partial charge in [-0.15, -0.1) is 13.2 Å². The van der Waals surface area contributed by atoms with E-state index < -0.39 is 12.4 Å². The van der Waals surface area contributed by atoms with Crippen LogP contribution in [-0.2, 0) is 0 Å². The van der Waals surface area contributed by atoms with E-state index >= 15 is 0 Å². The third-order valence-corrected chi connectivity index (χ3v) is 2.67. The Balaban J connectivity index is 1.94. The number of hydrogen-bond donors (Lipinski definition) is 2. The van der Waals surface area contributed by atoms with Crippen molar-refractivity contribution >= 4 is 17.4 Å². The number of benzene rings is 2. The van der Waals surface area contributed by atoms with Gasteiger partial charge in [-0.2, -0.15) is 0 Å². The Labute approximate surface area is 130 Å². The fourth-order valence-electron chi connectivity index (χ4n) is 1.73. The number of ether oxygens (including phenoxy) is 2. The van der Waals surface area contributed by atoms with Gasteiger partial charge in [-0.05, 0) is 36.4 Å². The van der Waals surface area contributed by atoms with Crippen LogP contribution in [-0.4, -0.2) is 19.5 Å². The molecule has 2 aromatic rings. The third-order valence-electron chi connectivity index (χ3n) is 2.67. The highest BCUT2D eigenvalue weighted by Crippen LogP contribution is 2.24. The first-order valence-corrected chi connectivity index (χ1v) is 6.43. The molecular formula is C15H13F3N2O3. The zero-order valence-corrected chi connectivity index (χ0v) is 12.0. The van der Waals surface area contributed by atoms with Gasteiger partial charge in [0, 0.05) is 17.4 Å². The second-order valence-electron chi connectivity index (χ2n) is 4.38. The molecule has 8 heteroatoms.